The molecule has 0 saturated carbocycles. The molecule has 0 aliphatic rings. The third kappa shape index (κ3) is 5.55. The van der Waals surface area contributed by atoms with Gasteiger partial charge in [0.1, 0.15) is 10.8 Å². The van der Waals surface area contributed by atoms with E-state index in [9.17, 15) is 18.4 Å². The van der Waals surface area contributed by atoms with E-state index in [1.807, 2.05) is 13.8 Å². The number of esters is 1. The summed E-state index contributed by atoms with van der Waals surface area (Å²) in [4.78, 5) is 25.7. The normalized spacial score (nSPS) is 11.9. The summed E-state index contributed by atoms with van der Waals surface area (Å²) in [5.74, 6) is -2.01. The van der Waals surface area contributed by atoms with Crippen molar-refractivity contribution >= 4 is 40.0 Å². The molecule has 1 atom stereocenters. The zero-order chi connectivity index (χ0) is 25.0. The lowest BCUT2D eigenvalue weighted by molar-refractivity contribution is -0.113. The Bertz CT molecular complexity index is 1210. The maximum absolute atomic E-state index is 13.9. The van der Waals surface area contributed by atoms with Crippen LogP contribution in [-0.4, -0.2) is 39.5 Å². The highest BCUT2D eigenvalue weighted by molar-refractivity contribution is 7.99. The molecule has 1 amide bonds. The zero-order valence-electron chi connectivity index (χ0n) is 19.3. The van der Waals surface area contributed by atoms with Crippen LogP contribution in [0.3, 0.4) is 0 Å². The Morgan fingerprint density at radius 2 is 2.03 bits per heavy atom. The number of nitrogens with zero attached hydrogens (tertiary/aromatic N) is 3. The molecule has 1 aromatic carbocycles. The number of ether oxygens (including phenoxy) is 2. The Hall–Kier alpha value is -2.99. The van der Waals surface area contributed by atoms with E-state index >= 15 is 0 Å². The number of nitrogens with one attached hydrogen (secondary N) is 1. The lowest BCUT2D eigenvalue weighted by atomic mass is 10.1. The van der Waals surface area contributed by atoms with Gasteiger partial charge in [0, 0.05) is 18.0 Å². The van der Waals surface area contributed by atoms with Gasteiger partial charge in [0.05, 0.1) is 18.4 Å². The molecule has 1 N–H and O–H groups in total. The van der Waals surface area contributed by atoms with Gasteiger partial charge in [-0.25, -0.2) is 13.6 Å². The van der Waals surface area contributed by atoms with E-state index in [1.165, 1.54) is 24.5 Å². The summed E-state index contributed by atoms with van der Waals surface area (Å²) in [5.41, 5.74) is 1.23. The highest BCUT2D eigenvalue weighted by atomic mass is 32.2. The molecule has 12 heteroatoms. The Kier molecular flexibility index (Phi) is 8.26. The average Bonchev–Trinajstić information content (AvgIpc) is 3.32. The monoisotopic (exact) mass is 510 g/mol. The number of hydrogen-bond acceptors (Lipinski definition) is 8. The van der Waals surface area contributed by atoms with Crippen LogP contribution < -0.4 is 10.1 Å². The number of anilines is 1. The first-order valence-electron chi connectivity index (χ1n) is 10.3. The number of aromatic nitrogens is 3. The quantitative estimate of drug-likeness (QED) is 0.330. The van der Waals surface area contributed by atoms with Gasteiger partial charge in [0.2, 0.25) is 5.91 Å². The van der Waals surface area contributed by atoms with Crippen molar-refractivity contribution in [3.63, 3.8) is 0 Å². The van der Waals surface area contributed by atoms with Crippen molar-refractivity contribution in [2.45, 2.75) is 38.5 Å². The number of thiophene rings is 1. The maximum Gasteiger partial charge on any atom is 0.341 e. The van der Waals surface area contributed by atoms with Crippen LogP contribution in [0.4, 0.5) is 13.8 Å². The lowest BCUT2D eigenvalue weighted by Crippen LogP contribution is -2.16. The van der Waals surface area contributed by atoms with Crippen molar-refractivity contribution in [3.8, 4) is 5.75 Å². The van der Waals surface area contributed by atoms with Gasteiger partial charge in [-0.1, -0.05) is 18.7 Å². The van der Waals surface area contributed by atoms with Crippen LogP contribution in [0.15, 0.2) is 23.4 Å². The fraction of sp³-hybridized carbons (Fsp3) is 0.364. The van der Waals surface area contributed by atoms with E-state index in [2.05, 4.69) is 15.5 Å². The van der Waals surface area contributed by atoms with Crippen LogP contribution >= 0.6 is 23.1 Å². The molecule has 2 heterocycles. The van der Waals surface area contributed by atoms with Crippen molar-refractivity contribution in [1.29, 1.82) is 0 Å². The molecular weight excluding hydrogens is 486 g/mol. The molecule has 2 aromatic heterocycles. The van der Waals surface area contributed by atoms with Gasteiger partial charge in [-0.3, -0.25) is 4.79 Å². The van der Waals surface area contributed by atoms with Crippen LogP contribution in [0, 0.1) is 18.6 Å². The van der Waals surface area contributed by atoms with Gasteiger partial charge < -0.3 is 19.4 Å². The van der Waals surface area contributed by atoms with Crippen molar-refractivity contribution in [2.75, 3.05) is 18.2 Å². The molecule has 0 bridgehead atoms. The van der Waals surface area contributed by atoms with Crippen molar-refractivity contribution in [1.82, 2.24) is 14.8 Å². The van der Waals surface area contributed by atoms with E-state index < -0.39 is 23.7 Å². The van der Waals surface area contributed by atoms with Crippen LogP contribution in [0.5, 0.6) is 5.75 Å². The fourth-order valence-electron chi connectivity index (χ4n) is 3.32. The minimum Gasteiger partial charge on any atom is -0.480 e. The predicted octanol–water partition coefficient (Wildman–Crippen LogP) is 4.68. The Labute approximate surface area is 203 Å². The number of methoxy groups -OCH3 is 1. The number of thioether (sulfide) groups is 1. The summed E-state index contributed by atoms with van der Waals surface area (Å²) < 4.78 is 39.1. The minimum atomic E-state index is -0.818. The van der Waals surface area contributed by atoms with Gasteiger partial charge in [0.15, 0.2) is 28.7 Å². The zero-order valence-corrected chi connectivity index (χ0v) is 20.9. The molecule has 0 aliphatic carbocycles. The summed E-state index contributed by atoms with van der Waals surface area (Å²) in [6.45, 7) is 5.49. The first kappa shape index (κ1) is 25.6. The molecule has 0 spiro atoms. The second-order valence-corrected chi connectivity index (χ2v) is 9.42. The highest BCUT2D eigenvalue weighted by Gasteiger charge is 2.24. The molecular formula is C22H24F2N4O4S2. The number of amides is 1. The second kappa shape index (κ2) is 11.0. The minimum absolute atomic E-state index is 0.0207. The maximum atomic E-state index is 13.9. The van der Waals surface area contributed by atoms with E-state index in [-0.39, 0.29) is 17.4 Å². The lowest BCUT2D eigenvalue weighted by Gasteiger charge is -2.14. The van der Waals surface area contributed by atoms with Crippen LogP contribution in [0.1, 0.15) is 46.6 Å². The topological polar surface area (TPSA) is 95.3 Å². The van der Waals surface area contributed by atoms with Crippen molar-refractivity contribution in [3.05, 3.63) is 51.7 Å². The van der Waals surface area contributed by atoms with E-state index in [0.29, 0.717) is 28.0 Å². The first-order valence-corrected chi connectivity index (χ1v) is 12.1. The number of rotatable bonds is 9. The smallest absolute Gasteiger partial charge is 0.341 e. The summed E-state index contributed by atoms with van der Waals surface area (Å²) in [6, 6.07) is 3.05. The van der Waals surface area contributed by atoms with Crippen LogP contribution in [0.2, 0.25) is 0 Å². The van der Waals surface area contributed by atoms with Crippen molar-refractivity contribution < 1.29 is 27.8 Å². The molecule has 3 rings (SSSR count). The fourth-order valence-corrected chi connectivity index (χ4v) is 5.19. The average molecular weight is 511 g/mol. The number of carbonyl (C=O) groups excluding carboxylic acids is 2. The molecule has 0 fully saturated rings. The molecule has 34 heavy (non-hydrogen) atoms. The van der Waals surface area contributed by atoms with E-state index in [1.54, 1.807) is 18.5 Å². The Morgan fingerprint density at radius 3 is 2.68 bits per heavy atom. The van der Waals surface area contributed by atoms with Gasteiger partial charge in [-0.2, -0.15) is 0 Å². The summed E-state index contributed by atoms with van der Waals surface area (Å²) >= 11 is 2.47. The largest absolute Gasteiger partial charge is 0.480 e. The molecule has 3 aromatic rings. The van der Waals surface area contributed by atoms with Crippen molar-refractivity contribution in [2.24, 2.45) is 7.05 Å². The third-order valence-electron chi connectivity index (χ3n) is 4.97. The van der Waals surface area contributed by atoms with Gasteiger partial charge in [-0.05, 0) is 38.0 Å². The van der Waals surface area contributed by atoms with Gasteiger partial charge in [-0.15, -0.1) is 21.5 Å². The molecule has 8 nitrogen and oxygen atoms in total. The van der Waals surface area contributed by atoms with E-state index in [4.69, 9.17) is 9.47 Å². The third-order valence-corrected chi connectivity index (χ3v) is 7.05. The Balaban J connectivity index is 1.66. The number of aryl methyl sites for hydroxylation is 1. The number of carbonyl (C=O) groups is 2. The molecule has 0 saturated heterocycles. The standard InChI is InChI=1S/C22H24F2N4O4S2/c1-6-14-12(3)34-20(18(14)21(30)31-5)25-17(29)10-33-22-27-26-19(28(22)4)11(2)32-16-8-7-13(23)9-15(16)24/h7-9,11H,6,10H2,1-5H3,(H,25,29). The molecule has 0 aliphatic heterocycles. The highest BCUT2D eigenvalue weighted by Crippen LogP contribution is 2.34. The molecule has 0 radical (unpaired) electrons. The summed E-state index contributed by atoms with van der Waals surface area (Å²) in [6.07, 6.45) is -0.0360. The number of halogens is 2. The summed E-state index contributed by atoms with van der Waals surface area (Å²) in [5, 5.41) is 11.8. The molecule has 182 valence electrons. The van der Waals surface area contributed by atoms with Crippen LogP contribution in [-0.2, 0) is 23.0 Å². The van der Waals surface area contributed by atoms with E-state index in [0.717, 1.165) is 34.3 Å². The van der Waals surface area contributed by atoms with Gasteiger partial charge in [0.25, 0.3) is 0 Å². The second-order valence-electron chi connectivity index (χ2n) is 7.26. The molecule has 1 unspecified atom stereocenters. The predicted molar refractivity (Wildman–Crippen MR) is 126 cm³/mol. The SMILES string of the molecule is CCc1c(C)sc(NC(=O)CSc2nnc(C(C)Oc3ccc(F)cc3F)n2C)c1C(=O)OC. The Morgan fingerprint density at radius 1 is 1.29 bits per heavy atom. The number of hydrogen-bond donors (Lipinski definition) is 1. The van der Waals surface area contributed by atoms with Crippen LogP contribution in [0.25, 0.3) is 0 Å². The summed E-state index contributed by atoms with van der Waals surface area (Å²) in [7, 11) is 3.00. The first-order chi connectivity index (χ1) is 16.2. The number of benzene rings is 1. The van der Waals surface area contributed by atoms with Gasteiger partial charge >= 0.3 is 5.97 Å².